The second-order valence-corrected chi connectivity index (χ2v) is 5.53. The Bertz CT molecular complexity index is 545. The summed E-state index contributed by atoms with van der Waals surface area (Å²) in [5.41, 5.74) is -0.434. The number of anilines is 1. The summed E-state index contributed by atoms with van der Waals surface area (Å²) in [6.07, 6.45) is 6.47. The van der Waals surface area contributed by atoms with Gasteiger partial charge in [-0.05, 0) is 28.8 Å². The van der Waals surface area contributed by atoms with E-state index in [4.69, 9.17) is 0 Å². The highest BCUT2D eigenvalue weighted by molar-refractivity contribution is 9.10. The number of rotatable bonds is 2. The lowest BCUT2D eigenvalue weighted by Crippen LogP contribution is -2.47. The Labute approximate surface area is 118 Å². The molecule has 0 bridgehead atoms. The van der Waals surface area contributed by atoms with Gasteiger partial charge in [0.25, 0.3) is 0 Å². The third kappa shape index (κ3) is 2.45. The van der Waals surface area contributed by atoms with Gasteiger partial charge in [0, 0.05) is 18.9 Å². The van der Waals surface area contributed by atoms with Crippen LogP contribution in [-0.4, -0.2) is 43.6 Å². The van der Waals surface area contributed by atoms with E-state index in [0.717, 1.165) is 17.4 Å². The number of nitrogens with zero attached hydrogens (tertiary/aromatic N) is 5. The Morgan fingerprint density at radius 3 is 2.79 bits per heavy atom. The van der Waals surface area contributed by atoms with Crippen LogP contribution in [0.15, 0.2) is 23.1 Å². The lowest BCUT2D eigenvalue weighted by Gasteiger charge is -2.37. The van der Waals surface area contributed by atoms with E-state index in [0.29, 0.717) is 24.6 Å². The zero-order valence-corrected chi connectivity index (χ0v) is 11.7. The van der Waals surface area contributed by atoms with E-state index >= 15 is 0 Å². The summed E-state index contributed by atoms with van der Waals surface area (Å²) in [7, 11) is 0. The number of piperidine rings is 1. The third-order valence-corrected chi connectivity index (χ3v) is 3.66. The summed E-state index contributed by atoms with van der Waals surface area (Å²) in [4.78, 5) is 10.5. The second-order valence-electron chi connectivity index (χ2n) is 4.61. The zero-order chi connectivity index (χ0) is 13.3. The molecule has 1 aliphatic heterocycles. The maximum Gasteiger partial charge on any atom is 0.225 e. The van der Waals surface area contributed by atoms with Crippen LogP contribution in [0.25, 0.3) is 0 Å². The van der Waals surface area contributed by atoms with Crippen molar-refractivity contribution in [2.24, 2.45) is 0 Å². The van der Waals surface area contributed by atoms with Crippen LogP contribution in [0.3, 0.4) is 0 Å². The monoisotopic (exact) mass is 324 g/mol. The molecule has 0 radical (unpaired) electrons. The Hall–Kier alpha value is -1.54. The molecule has 1 aliphatic rings. The minimum atomic E-state index is -0.998. The van der Waals surface area contributed by atoms with Gasteiger partial charge in [-0.25, -0.2) is 9.97 Å². The molecule has 1 saturated heterocycles. The van der Waals surface area contributed by atoms with Crippen molar-refractivity contribution in [3.8, 4) is 0 Å². The molecule has 100 valence electrons. The van der Waals surface area contributed by atoms with Crippen LogP contribution in [0.4, 0.5) is 5.95 Å². The summed E-state index contributed by atoms with van der Waals surface area (Å²) < 4.78 is 0.833. The van der Waals surface area contributed by atoms with Crippen molar-refractivity contribution in [3.05, 3.63) is 28.8 Å². The molecule has 2 aromatic rings. The quantitative estimate of drug-likeness (QED) is 0.850. The molecule has 1 fully saturated rings. The van der Waals surface area contributed by atoms with Crippen LogP contribution in [0.2, 0.25) is 0 Å². The van der Waals surface area contributed by atoms with Crippen molar-refractivity contribution in [2.45, 2.75) is 18.4 Å². The SMILES string of the molecule is O[C@@]1(c2cn[nH]n2)CCCN(c2ncc(Br)cn2)C1. The lowest BCUT2D eigenvalue weighted by atomic mass is 9.90. The fourth-order valence-corrected chi connectivity index (χ4v) is 2.52. The number of aromatic nitrogens is 5. The van der Waals surface area contributed by atoms with Crippen LogP contribution in [0, 0.1) is 0 Å². The van der Waals surface area contributed by atoms with Gasteiger partial charge in [-0.3, -0.25) is 0 Å². The molecule has 0 aliphatic carbocycles. The number of aromatic amines is 1. The Morgan fingerprint density at radius 2 is 2.11 bits per heavy atom. The highest BCUT2D eigenvalue weighted by Gasteiger charge is 2.37. The van der Waals surface area contributed by atoms with E-state index in [1.54, 1.807) is 18.6 Å². The van der Waals surface area contributed by atoms with Gasteiger partial charge in [0.1, 0.15) is 11.3 Å². The van der Waals surface area contributed by atoms with E-state index in [1.807, 2.05) is 4.90 Å². The molecule has 7 nitrogen and oxygen atoms in total. The first kappa shape index (κ1) is 12.5. The Kier molecular flexibility index (Phi) is 3.19. The van der Waals surface area contributed by atoms with Crippen LogP contribution < -0.4 is 4.90 Å². The maximum absolute atomic E-state index is 10.7. The molecule has 0 saturated carbocycles. The summed E-state index contributed by atoms with van der Waals surface area (Å²) in [5, 5.41) is 21.0. The predicted octanol–water partition coefficient (Wildman–Crippen LogP) is 0.845. The van der Waals surface area contributed by atoms with Gasteiger partial charge < -0.3 is 10.0 Å². The molecule has 0 unspecified atom stereocenters. The molecule has 19 heavy (non-hydrogen) atoms. The smallest absolute Gasteiger partial charge is 0.225 e. The van der Waals surface area contributed by atoms with Gasteiger partial charge >= 0.3 is 0 Å². The summed E-state index contributed by atoms with van der Waals surface area (Å²) in [5.74, 6) is 0.616. The molecule has 0 spiro atoms. The lowest BCUT2D eigenvalue weighted by molar-refractivity contribution is 0.0172. The van der Waals surface area contributed by atoms with Crippen molar-refractivity contribution >= 4 is 21.9 Å². The zero-order valence-electron chi connectivity index (χ0n) is 10.1. The van der Waals surface area contributed by atoms with Gasteiger partial charge in [0.2, 0.25) is 5.95 Å². The number of hydrogen-bond acceptors (Lipinski definition) is 6. The van der Waals surface area contributed by atoms with E-state index in [1.165, 1.54) is 0 Å². The van der Waals surface area contributed by atoms with Gasteiger partial charge in [0.05, 0.1) is 17.2 Å². The molecule has 1 atom stereocenters. The highest BCUT2D eigenvalue weighted by atomic mass is 79.9. The molecule has 0 amide bonds. The summed E-state index contributed by atoms with van der Waals surface area (Å²) >= 11 is 3.31. The highest BCUT2D eigenvalue weighted by Crippen LogP contribution is 2.31. The molecular formula is C11H13BrN6O. The molecule has 0 aromatic carbocycles. The van der Waals surface area contributed by atoms with Gasteiger partial charge in [0.15, 0.2) is 0 Å². The van der Waals surface area contributed by atoms with Crippen molar-refractivity contribution < 1.29 is 5.11 Å². The number of halogens is 1. The minimum Gasteiger partial charge on any atom is -0.382 e. The molecule has 3 heterocycles. The number of hydrogen-bond donors (Lipinski definition) is 2. The number of nitrogens with one attached hydrogen (secondary N) is 1. The number of H-pyrrole nitrogens is 1. The normalized spacial score (nSPS) is 23.6. The van der Waals surface area contributed by atoms with E-state index in [2.05, 4.69) is 41.3 Å². The molecular weight excluding hydrogens is 312 g/mol. The van der Waals surface area contributed by atoms with Crippen molar-refractivity contribution in [2.75, 3.05) is 18.0 Å². The predicted molar refractivity (Wildman–Crippen MR) is 71.5 cm³/mol. The molecule has 2 aromatic heterocycles. The molecule has 2 N–H and O–H groups in total. The van der Waals surface area contributed by atoms with Gasteiger partial charge in [-0.1, -0.05) is 0 Å². The second kappa shape index (κ2) is 4.86. The molecule has 8 heteroatoms. The standard InChI is InChI=1S/C11H13BrN6O/c12-8-4-13-10(14-5-8)18-3-1-2-11(19,7-18)9-6-15-17-16-9/h4-6,19H,1-3,7H2,(H,15,16,17)/t11-/m0/s1. The van der Waals surface area contributed by atoms with E-state index < -0.39 is 5.60 Å². The Balaban J connectivity index is 1.83. The van der Waals surface area contributed by atoms with Crippen molar-refractivity contribution in [1.29, 1.82) is 0 Å². The topological polar surface area (TPSA) is 90.8 Å². The summed E-state index contributed by atoms with van der Waals surface area (Å²) in [6, 6.07) is 0. The first-order valence-electron chi connectivity index (χ1n) is 5.98. The average molecular weight is 325 g/mol. The van der Waals surface area contributed by atoms with Crippen LogP contribution in [0.5, 0.6) is 0 Å². The summed E-state index contributed by atoms with van der Waals surface area (Å²) in [6.45, 7) is 1.24. The van der Waals surface area contributed by atoms with E-state index in [-0.39, 0.29) is 0 Å². The average Bonchev–Trinajstić information content (AvgIpc) is 2.94. The fourth-order valence-electron chi connectivity index (χ4n) is 2.31. The third-order valence-electron chi connectivity index (χ3n) is 3.25. The molecule has 3 rings (SSSR count). The largest absolute Gasteiger partial charge is 0.382 e. The number of β-amino-alcohol motifs (C(OH)–C–C–N with tert-alkyl or cyclic N) is 1. The maximum atomic E-state index is 10.7. The van der Waals surface area contributed by atoms with Crippen LogP contribution in [-0.2, 0) is 5.60 Å². The van der Waals surface area contributed by atoms with Crippen LogP contribution in [0.1, 0.15) is 18.5 Å². The van der Waals surface area contributed by atoms with Crippen molar-refractivity contribution in [3.63, 3.8) is 0 Å². The van der Waals surface area contributed by atoms with Gasteiger partial charge in [-0.15, -0.1) is 0 Å². The number of aliphatic hydroxyl groups is 1. The Morgan fingerprint density at radius 1 is 1.32 bits per heavy atom. The van der Waals surface area contributed by atoms with Gasteiger partial charge in [-0.2, -0.15) is 15.4 Å². The van der Waals surface area contributed by atoms with Crippen LogP contribution >= 0.6 is 15.9 Å². The fraction of sp³-hybridized carbons (Fsp3) is 0.455. The van der Waals surface area contributed by atoms with E-state index in [9.17, 15) is 5.11 Å². The van der Waals surface area contributed by atoms with Crippen molar-refractivity contribution in [1.82, 2.24) is 25.4 Å². The first-order valence-corrected chi connectivity index (χ1v) is 6.78. The first-order chi connectivity index (χ1) is 9.17. The minimum absolute atomic E-state index is 0.418.